The largest absolute Gasteiger partial charge is 0.348 e. The van der Waals surface area contributed by atoms with Crippen molar-refractivity contribution in [3.63, 3.8) is 0 Å². The van der Waals surface area contributed by atoms with Crippen molar-refractivity contribution in [3.8, 4) is 0 Å². The molecule has 1 aliphatic rings. The van der Waals surface area contributed by atoms with Crippen LogP contribution >= 0.6 is 27.3 Å². The molecule has 1 aromatic carbocycles. The monoisotopic (exact) mass is 339 g/mol. The van der Waals surface area contributed by atoms with Crippen molar-refractivity contribution in [2.45, 2.75) is 18.9 Å². The van der Waals surface area contributed by atoms with Crippen molar-refractivity contribution >= 4 is 42.6 Å². The first-order valence-corrected chi connectivity index (χ1v) is 8.22. The van der Waals surface area contributed by atoms with Crippen LogP contribution < -0.4 is 4.90 Å². The van der Waals surface area contributed by atoms with Gasteiger partial charge in [0.25, 0.3) is 0 Å². The van der Waals surface area contributed by atoms with Crippen molar-refractivity contribution < 1.29 is 0 Å². The van der Waals surface area contributed by atoms with Crippen LogP contribution in [0.5, 0.6) is 0 Å². The lowest BCUT2D eigenvalue weighted by molar-refractivity contribution is 0.249. The van der Waals surface area contributed by atoms with Gasteiger partial charge in [-0.3, -0.25) is 0 Å². The number of hydrogen-bond donors (Lipinski definition) is 0. The molecule has 0 bridgehead atoms. The highest BCUT2D eigenvalue weighted by atomic mass is 79.9. The topological polar surface area (TPSA) is 19.4 Å². The second-order valence-electron chi connectivity index (χ2n) is 5.29. The highest BCUT2D eigenvalue weighted by molar-refractivity contribution is 9.10. The molecule has 5 heteroatoms. The van der Waals surface area contributed by atoms with E-state index in [1.165, 1.54) is 22.7 Å². The van der Waals surface area contributed by atoms with E-state index in [-0.39, 0.29) is 0 Å². The van der Waals surface area contributed by atoms with E-state index in [0.717, 1.165) is 29.1 Å². The van der Waals surface area contributed by atoms with Crippen LogP contribution in [0.2, 0.25) is 0 Å². The molecule has 0 amide bonds. The molecule has 3 nitrogen and oxygen atoms in total. The van der Waals surface area contributed by atoms with E-state index >= 15 is 0 Å². The third-order valence-electron chi connectivity index (χ3n) is 3.80. The molecule has 2 aromatic rings. The summed E-state index contributed by atoms with van der Waals surface area (Å²) in [6.45, 7) is 2.23. The quantitative estimate of drug-likeness (QED) is 0.833. The Morgan fingerprint density at radius 1 is 1.32 bits per heavy atom. The number of benzene rings is 1. The SMILES string of the molecule is CN(C)C1CCN(c2nc3ccc(Br)cc3s2)CC1. The van der Waals surface area contributed by atoms with Crippen molar-refractivity contribution in [3.05, 3.63) is 22.7 Å². The fourth-order valence-corrected chi connectivity index (χ4v) is 4.16. The van der Waals surface area contributed by atoms with E-state index in [2.05, 4.69) is 58.0 Å². The van der Waals surface area contributed by atoms with Gasteiger partial charge >= 0.3 is 0 Å². The number of aromatic nitrogens is 1. The van der Waals surface area contributed by atoms with E-state index in [4.69, 9.17) is 4.98 Å². The molecule has 0 atom stereocenters. The Morgan fingerprint density at radius 3 is 2.74 bits per heavy atom. The molecule has 1 saturated heterocycles. The van der Waals surface area contributed by atoms with Gasteiger partial charge < -0.3 is 9.80 Å². The zero-order valence-corrected chi connectivity index (χ0v) is 13.7. The number of thiazole rings is 1. The Hall–Kier alpha value is -0.650. The van der Waals surface area contributed by atoms with Crippen LogP contribution in [0.4, 0.5) is 5.13 Å². The third kappa shape index (κ3) is 2.78. The summed E-state index contributed by atoms with van der Waals surface area (Å²) in [5.74, 6) is 0. The summed E-state index contributed by atoms with van der Waals surface area (Å²) >= 11 is 5.32. The molecule has 0 spiro atoms. The maximum Gasteiger partial charge on any atom is 0.186 e. The van der Waals surface area contributed by atoms with Gasteiger partial charge in [0.15, 0.2) is 5.13 Å². The van der Waals surface area contributed by atoms with Crippen molar-refractivity contribution in [2.24, 2.45) is 0 Å². The maximum atomic E-state index is 4.76. The Morgan fingerprint density at radius 2 is 2.05 bits per heavy atom. The minimum Gasteiger partial charge on any atom is -0.348 e. The van der Waals surface area contributed by atoms with Crippen molar-refractivity contribution in [2.75, 3.05) is 32.1 Å². The van der Waals surface area contributed by atoms with Crippen LogP contribution in [0, 0.1) is 0 Å². The highest BCUT2D eigenvalue weighted by Gasteiger charge is 2.22. The summed E-state index contributed by atoms with van der Waals surface area (Å²) in [5.41, 5.74) is 1.11. The summed E-state index contributed by atoms with van der Waals surface area (Å²) in [6.07, 6.45) is 2.46. The molecule has 2 heterocycles. The van der Waals surface area contributed by atoms with Crippen molar-refractivity contribution in [1.82, 2.24) is 9.88 Å². The van der Waals surface area contributed by atoms with E-state index in [1.54, 1.807) is 11.3 Å². The molecule has 0 N–H and O–H groups in total. The van der Waals surface area contributed by atoms with Gasteiger partial charge in [0, 0.05) is 23.6 Å². The summed E-state index contributed by atoms with van der Waals surface area (Å²) < 4.78 is 2.39. The van der Waals surface area contributed by atoms with Gasteiger partial charge in [-0.2, -0.15) is 0 Å². The molecule has 0 radical (unpaired) electrons. The number of fused-ring (bicyclic) bond motifs is 1. The third-order valence-corrected chi connectivity index (χ3v) is 5.38. The first kappa shape index (κ1) is 13.3. The van der Waals surface area contributed by atoms with Gasteiger partial charge in [-0.1, -0.05) is 27.3 Å². The molecule has 3 rings (SSSR count). The highest BCUT2D eigenvalue weighted by Crippen LogP contribution is 2.32. The number of nitrogens with zero attached hydrogens (tertiary/aromatic N) is 3. The Balaban J connectivity index is 1.78. The van der Waals surface area contributed by atoms with Crippen LogP contribution in [0.3, 0.4) is 0 Å². The first-order valence-electron chi connectivity index (χ1n) is 6.61. The number of halogens is 1. The van der Waals surface area contributed by atoms with E-state index in [9.17, 15) is 0 Å². The van der Waals surface area contributed by atoms with Gasteiger partial charge in [-0.05, 0) is 45.1 Å². The first-order chi connectivity index (χ1) is 9.13. The standard InChI is InChI=1S/C14H18BrN3S/c1-17(2)11-5-7-18(8-6-11)14-16-12-4-3-10(15)9-13(12)19-14/h3-4,9,11H,5-8H2,1-2H3. The van der Waals surface area contributed by atoms with E-state index < -0.39 is 0 Å². The minimum absolute atomic E-state index is 0.722. The molecule has 102 valence electrons. The second-order valence-corrected chi connectivity index (χ2v) is 7.22. The lowest BCUT2D eigenvalue weighted by Crippen LogP contribution is -2.41. The summed E-state index contributed by atoms with van der Waals surface area (Å²) in [4.78, 5) is 9.53. The molecule has 1 aromatic heterocycles. The number of piperidine rings is 1. The minimum atomic E-state index is 0.722. The zero-order valence-electron chi connectivity index (χ0n) is 11.3. The molecular weight excluding hydrogens is 322 g/mol. The van der Waals surface area contributed by atoms with Gasteiger partial charge in [-0.15, -0.1) is 0 Å². The Kier molecular flexibility index (Phi) is 3.78. The molecule has 1 aliphatic heterocycles. The fraction of sp³-hybridized carbons (Fsp3) is 0.500. The predicted molar refractivity (Wildman–Crippen MR) is 86.2 cm³/mol. The second kappa shape index (κ2) is 5.38. The molecular formula is C14H18BrN3S. The molecule has 0 unspecified atom stereocenters. The smallest absolute Gasteiger partial charge is 0.186 e. The van der Waals surface area contributed by atoms with Gasteiger partial charge in [0.05, 0.1) is 10.2 Å². The van der Waals surface area contributed by atoms with Gasteiger partial charge in [0.2, 0.25) is 0 Å². The lowest BCUT2D eigenvalue weighted by atomic mass is 10.0. The number of anilines is 1. The average molecular weight is 340 g/mol. The van der Waals surface area contributed by atoms with Crippen molar-refractivity contribution in [1.29, 1.82) is 0 Å². The maximum absolute atomic E-state index is 4.76. The van der Waals surface area contributed by atoms with Gasteiger partial charge in [0.1, 0.15) is 0 Å². The summed E-state index contributed by atoms with van der Waals surface area (Å²) in [6, 6.07) is 7.03. The van der Waals surface area contributed by atoms with E-state index in [0.29, 0.717) is 0 Å². The molecule has 1 fully saturated rings. The summed E-state index contributed by atoms with van der Waals surface area (Å²) in [5, 5.41) is 1.17. The van der Waals surface area contributed by atoms with Crippen LogP contribution in [-0.4, -0.2) is 43.1 Å². The summed E-state index contributed by atoms with van der Waals surface area (Å²) in [7, 11) is 4.35. The predicted octanol–water partition coefficient (Wildman–Crippen LogP) is 3.59. The van der Waals surface area contributed by atoms with Crippen LogP contribution in [0.1, 0.15) is 12.8 Å². The van der Waals surface area contributed by atoms with Crippen LogP contribution in [0.25, 0.3) is 10.2 Å². The zero-order chi connectivity index (χ0) is 13.4. The number of hydrogen-bond acceptors (Lipinski definition) is 4. The Bertz CT molecular complexity index is 573. The Labute approximate surface area is 126 Å². The normalized spacial score (nSPS) is 17.6. The number of rotatable bonds is 2. The molecule has 19 heavy (non-hydrogen) atoms. The van der Waals surface area contributed by atoms with Crippen LogP contribution in [-0.2, 0) is 0 Å². The fourth-order valence-electron chi connectivity index (χ4n) is 2.60. The van der Waals surface area contributed by atoms with Gasteiger partial charge in [-0.25, -0.2) is 4.98 Å². The van der Waals surface area contributed by atoms with E-state index in [1.807, 2.05) is 0 Å². The average Bonchev–Trinajstić information content (AvgIpc) is 2.81. The van der Waals surface area contributed by atoms with Crippen LogP contribution in [0.15, 0.2) is 22.7 Å². The molecule has 0 saturated carbocycles. The lowest BCUT2D eigenvalue weighted by Gasteiger charge is -2.34. The molecule has 0 aliphatic carbocycles.